The molecular formula is C21H18BrFN4O2. The molecule has 3 aliphatic rings. The van der Waals surface area contributed by atoms with Gasteiger partial charge in [0.15, 0.2) is 5.41 Å². The molecule has 0 spiro atoms. The van der Waals surface area contributed by atoms with Crippen LogP contribution in [0, 0.1) is 67.9 Å². The van der Waals surface area contributed by atoms with Gasteiger partial charge in [-0.1, -0.05) is 19.4 Å². The van der Waals surface area contributed by atoms with Crippen molar-refractivity contribution in [3.05, 3.63) is 34.1 Å². The van der Waals surface area contributed by atoms with Crippen LogP contribution in [0.25, 0.3) is 0 Å². The van der Waals surface area contributed by atoms with E-state index in [1.165, 1.54) is 18.2 Å². The van der Waals surface area contributed by atoms with Crippen LogP contribution in [0.5, 0.6) is 0 Å². The number of nitriles is 3. The van der Waals surface area contributed by atoms with Crippen molar-refractivity contribution in [2.24, 2.45) is 22.7 Å². The molecule has 2 bridgehead atoms. The number of nitrogens with zero attached hydrogens (tertiary/aromatic N) is 3. The molecule has 2 aliphatic heterocycles. The molecule has 1 saturated carbocycles. The van der Waals surface area contributed by atoms with Crippen LogP contribution < -0.4 is 0 Å². The van der Waals surface area contributed by atoms with Gasteiger partial charge in [0.1, 0.15) is 11.9 Å². The van der Waals surface area contributed by atoms with E-state index in [1.54, 1.807) is 0 Å². The van der Waals surface area contributed by atoms with E-state index in [9.17, 15) is 20.2 Å². The van der Waals surface area contributed by atoms with Crippen LogP contribution in [0.3, 0.4) is 0 Å². The van der Waals surface area contributed by atoms with Crippen molar-refractivity contribution in [3.8, 4) is 18.2 Å². The monoisotopic (exact) mass is 456 g/mol. The molecule has 8 heteroatoms. The zero-order valence-corrected chi connectivity index (χ0v) is 17.3. The fraction of sp³-hybridized carbons (Fsp3) is 0.524. The summed E-state index contributed by atoms with van der Waals surface area (Å²) < 4.78 is 26.2. The Labute approximate surface area is 176 Å². The van der Waals surface area contributed by atoms with Gasteiger partial charge in [0, 0.05) is 6.42 Å². The molecule has 1 aromatic rings. The average Bonchev–Trinajstić information content (AvgIpc) is 2.93. The maximum absolute atomic E-state index is 13.8. The van der Waals surface area contributed by atoms with E-state index in [2.05, 4.69) is 28.9 Å². The standard InChI is InChI=1S/C21H18BrFN4O2/c1-2-12-5-6-21-16(7-12)20(11-26,18(27)29-21)19(9-24,10-25)17(28-21)13-3-4-15(23)14(22)8-13/h3-4,8,12,16-17,27H,2,5-7H2,1H3. The molecule has 3 fully saturated rings. The lowest BCUT2D eigenvalue weighted by atomic mass is 9.50. The van der Waals surface area contributed by atoms with Crippen LogP contribution in [0.2, 0.25) is 0 Å². The van der Waals surface area contributed by atoms with Gasteiger partial charge in [-0.25, -0.2) is 4.39 Å². The van der Waals surface area contributed by atoms with Gasteiger partial charge in [0.2, 0.25) is 17.1 Å². The van der Waals surface area contributed by atoms with Crippen molar-refractivity contribution in [1.82, 2.24) is 0 Å². The summed E-state index contributed by atoms with van der Waals surface area (Å²) in [7, 11) is 0. The molecule has 1 aliphatic carbocycles. The lowest BCUT2D eigenvalue weighted by Crippen LogP contribution is -2.61. The maximum atomic E-state index is 13.8. The van der Waals surface area contributed by atoms with Gasteiger partial charge < -0.3 is 9.47 Å². The summed E-state index contributed by atoms with van der Waals surface area (Å²) in [5.74, 6) is -2.41. The van der Waals surface area contributed by atoms with Gasteiger partial charge in [-0.3, -0.25) is 5.41 Å². The lowest BCUT2D eigenvalue weighted by Gasteiger charge is -2.52. The number of benzene rings is 1. The Bertz CT molecular complexity index is 1010. The van der Waals surface area contributed by atoms with Gasteiger partial charge in [0.25, 0.3) is 0 Å². The van der Waals surface area contributed by atoms with E-state index < -0.39 is 34.5 Å². The quantitative estimate of drug-likeness (QED) is 0.690. The zero-order valence-electron chi connectivity index (χ0n) is 15.7. The molecule has 6 nitrogen and oxygen atoms in total. The van der Waals surface area contributed by atoms with Gasteiger partial charge in [-0.15, -0.1) is 0 Å². The third-order valence-electron chi connectivity index (χ3n) is 6.84. The Morgan fingerprint density at radius 3 is 2.59 bits per heavy atom. The Morgan fingerprint density at radius 1 is 1.28 bits per heavy atom. The summed E-state index contributed by atoms with van der Waals surface area (Å²) in [6, 6.07) is 10.3. The van der Waals surface area contributed by atoms with E-state index in [0.717, 1.165) is 12.8 Å². The Balaban J connectivity index is 1.97. The Hall–Kier alpha value is -2.47. The van der Waals surface area contributed by atoms with Crippen LogP contribution in [-0.2, 0) is 9.47 Å². The van der Waals surface area contributed by atoms with E-state index in [4.69, 9.17) is 14.9 Å². The number of hydrogen-bond acceptors (Lipinski definition) is 6. The highest BCUT2D eigenvalue weighted by atomic mass is 79.9. The fourth-order valence-corrected chi connectivity index (χ4v) is 5.66. The van der Waals surface area contributed by atoms with Gasteiger partial charge in [0.05, 0.1) is 28.6 Å². The minimum atomic E-state index is -2.00. The number of ether oxygens (including phenoxy) is 2. The van der Waals surface area contributed by atoms with Crippen LogP contribution >= 0.6 is 15.9 Å². The van der Waals surface area contributed by atoms with Crippen LogP contribution in [-0.4, -0.2) is 11.7 Å². The summed E-state index contributed by atoms with van der Waals surface area (Å²) in [6.07, 6.45) is 1.53. The predicted molar refractivity (Wildman–Crippen MR) is 102 cm³/mol. The second kappa shape index (κ2) is 6.52. The van der Waals surface area contributed by atoms with E-state index in [-0.39, 0.29) is 10.4 Å². The molecule has 4 rings (SSSR count). The number of nitrogens with one attached hydrogen (secondary N) is 1. The molecule has 29 heavy (non-hydrogen) atoms. The summed E-state index contributed by atoms with van der Waals surface area (Å²) in [4.78, 5) is 0. The molecule has 0 radical (unpaired) electrons. The zero-order chi connectivity index (χ0) is 21.0. The molecule has 1 N–H and O–H groups in total. The molecule has 2 heterocycles. The Kier molecular flexibility index (Phi) is 4.46. The minimum absolute atomic E-state index is 0.159. The first-order valence-electron chi connectivity index (χ1n) is 9.48. The Morgan fingerprint density at radius 2 is 2.00 bits per heavy atom. The van der Waals surface area contributed by atoms with Gasteiger partial charge in [-0.05, 0) is 52.4 Å². The molecule has 5 atom stereocenters. The second-order valence-electron chi connectivity index (χ2n) is 7.97. The maximum Gasteiger partial charge on any atom is 0.217 e. The average molecular weight is 457 g/mol. The van der Waals surface area contributed by atoms with Crippen molar-refractivity contribution in [3.63, 3.8) is 0 Å². The van der Waals surface area contributed by atoms with Crippen molar-refractivity contribution in [2.45, 2.75) is 44.5 Å². The first-order valence-corrected chi connectivity index (χ1v) is 10.3. The highest BCUT2D eigenvalue weighted by Gasteiger charge is 2.80. The highest BCUT2D eigenvalue weighted by molar-refractivity contribution is 9.10. The normalized spacial score (nSPS) is 36.8. The topological polar surface area (TPSA) is 114 Å². The summed E-state index contributed by atoms with van der Waals surface area (Å²) in [6.45, 7) is 2.06. The van der Waals surface area contributed by atoms with E-state index in [0.29, 0.717) is 24.3 Å². The summed E-state index contributed by atoms with van der Waals surface area (Å²) >= 11 is 3.13. The van der Waals surface area contributed by atoms with Crippen molar-refractivity contribution < 1.29 is 13.9 Å². The SMILES string of the molecule is CCC1CCC23OC(=N)C(C#N)(C2C1)C(C#N)(C#N)C(c1ccc(F)c(Br)c1)O3. The smallest absolute Gasteiger partial charge is 0.217 e. The van der Waals surface area contributed by atoms with Crippen LogP contribution in [0.4, 0.5) is 4.39 Å². The van der Waals surface area contributed by atoms with Crippen molar-refractivity contribution >= 4 is 21.8 Å². The second-order valence-corrected chi connectivity index (χ2v) is 8.82. The molecule has 148 valence electrons. The van der Waals surface area contributed by atoms with Crippen molar-refractivity contribution in [1.29, 1.82) is 21.2 Å². The van der Waals surface area contributed by atoms with Crippen LogP contribution in [0.15, 0.2) is 22.7 Å². The molecule has 0 aromatic heterocycles. The number of halogens is 2. The van der Waals surface area contributed by atoms with Gasteiger partial charge in [-0.2, -0.15) is 15.8 Å². The van der Waals surface area contributed by atoms with E-state index >= 15 is 0 Å². The minimum Gasteiger partial charge on any atom is -0.447 e. The first-order chi connectivity index (χ1) is 13.8. The number of rotatable bonds is 2. The molecular weight excluding hydrogens is 439 g/mol. The van der Waals surface area contributed by atoms with Gasteiger partial charge >= 0.3 is 0 Å². The predicted octanol–water partition coefficient (Wildman–Crippen LogP) is 4.73. The summed E-state index contributed by atoms with van der Waals surface area (Å²) in [5.41, 5.74) is -3.38. The first kappa shape index (κ1) is 19.8. The lowest BCUT2D eigenvalue weighted by molar-refractivity contribution is -0.299. The van der Waals surface area contributed by atoms with Crippen LogP contribution in [0.1, 0.15) is 44.3 Å². The molecule has 2 saturated heterocycles. The van der Waals surface area contributed by atoms with E-state index in [1.807, 2.05) is 12.1 Å². The third-order valence-corrected chi connectivity index (χ3v) is 7.45. The summed E-state index contributed by atoms with van der Waals surface area (Å²) in [5, 5.41) is 39.2. The number of hydrogen-bond donors (Lipinski definition) is 1. The molecule has 0 amide bonds. The molecule has 1 aromatic carbocycles. The fourth-order valence-electron chi connectivity index (χ4n) is 5.26. The molecule has 5 unspecified atom stereocenters. The highest BCUT2D eigenvalue weighted by Crippen LogP contribution is 2.70. The third kappa shape index (κ3) is 2.29. The van der Waals surface area contributed by atoms with Crippen molar-refractivity contribution in [2.75, 3.05) is 0 Å². The largest absolute Gasteiger partial charge is 0.447 e.